The highest BCUT2D eigenvalue weighted by atomic mass is 19.4. The summed E-state index contributed by atoms with van der Waals surface area (Å²) in [7, 11) is 1.07. The topological polar surface area (TPSA) is 79.7 Å². The highest BCUT2D eigenvalue weighted by Crippen LogP contribution is 2.31. The second kappa shape index (κ2) is 9.19. The fourth-order valence-electron chi connectivity index (χ4n) is 2.72. The number of carbonyl (C=O) groups excluding carboxylic acids is 1. The minimum Gasteiger partial charge on any atom is -0.464 e. The first-order valence-electron chi connectivity index (χ1n) is 8.78. The van der Waals surface area contributed by atoms with Crippen LogP contribution in [-0.4, -0.2) is 35.8 Å². The van der Waals surface area contributed by atoms with Crippen LogP contribution in [0.5, 0.6) is 0 Å². The van der Waals surface area contributed by atoms with Crippen LogP contribution < -0.4 is 5.56 Å². The number of nitrogens with zero attached hydrogens (tertiary/aromatic N) is 2. The van der Waals surface area contributed by atoms with Crippen molar-refractivity contribution < 1.29 is 32.2 Å². The minimum absolute atomic E-state index is 0.0807. The van der Waals surface area contributed by atoms with Gasteiger partial charge >= 0.3 is 12.1 Å². The maximum absolute atomic E-state index is 13.1. The molecule has 0 saturated carbocycles. The van der Waals surface area contributed by atoms with Crippen molar-refractivity contribution in [1.29, 1.82) is 0 Å². The minimum atomic E-state index is -4.60. The third-order valence-corrected chi connectivity index (χ3v) is 4.01. The van der Waals surface area contributed by atoms with Gasteiger partial charge in [-0.05, 0) is 39.0 Å². The second-order valence-corrected chi connectivity index (χ2v) is 5.85. The molecule has 1 aromatic heterocycles. The molecule has 0 radical (unpaired) electrons. The van der Waals surface area contributed by atoms with Crippen LogP contribution in [0.1, 0.15) is 47.6 Å². The van der Waals surface area contributed by atoms with E-state index in [1.807, 2.05) is 0 Å². The highest BCUT2D eigenvalue weighted by Gasteiger charge is 2.31. The Hall–Kier alpha value is -2.72. The van der Waals surface area contributed by atoms with Crippen LogP contribution in [0.3, 0.4) is 0 Å². The van der Waals surface area contributed by atoms with E-state index in [2.05, 4.69) is 9.72 Å². The zero-order valence-electron chi connectivity index (χ0n) is 16.4. The van der Waals surface area contributed by atoms with Gasteiger partial charge in [-0.2, -0.15) is 13.2 Å². The molecule has 0 fully saturated rings. The molecule has 0 unspecified atom stereocenters. The normalized spacial score (nSPS) is 11.7. The molecule has 2 rings (SSSR count). The lowest BCUT2D eigenvalue weighted by molar-refractivity contribution is -0.143. The number of carbonyl (C=O) groups is 1. The van der Waals surface area contributed by atoms with Gasteiger partial charge in [0.1, 0.15) is 5.69 Å². The molecule has 0 atom stereocenters. The molecule has 0 aliphatic heterocycles. The zero-order chi connectivity index (χ0) is 21.8. The molecule has 7 nitrogen and oxygen atoms in total. The predicted octanol–water partition coefficient (Wildman–Crippen LogP) is 3.42. The first-order valence-corrected chi connectivity index (χ1v) is 8.78. The van der Waals surface area contributed by atoms with Crippen molar-refractivity contribution >= 4 is 5.97 Å². The molecule has 10 heteroatoms. The first-order chi connectivity index (χ1) is 13.6. The van der Waals surface area contributed by atoms with Gasteiger partial charge in [0.05, 0.1) is 18.4 Å². The van der Waals surface area contributed by atoms with Gasteiger partial charge in [-0.3, -0.25) is 9.36 Å². The molecule has 0 spiro atoms. The number of aromatic nitrogens is 2. The third kappa shape index (κ3) is 4.83. The maximum atomic E-state index is 13.1. The standard InChI is InChI=1S/C19H21F3N2O5/c1-5-28-18(29-6-2)14-11(3)24(16(25)15(23-14)17(26)27-4)13-9-7-8-12(10-13)19(20,21)22/h7-10,18H,5-6H2,1-4H3. The van der Waals surface area contributed by atoms with Crippen LogP contribution in [-0.2, 0) is 20.4 Å². The number of rotatable bonds is 7. The van der Waals surface area contributed by atoms with E-state index in [1.54, 1.807) is 13.8 Å². The molecule has 0 N–H and O–H groups in total. The molecule has 0 aliphatic carbocycles. The fourth-order valence-corrected chi connectivity index (χ4v) is 2.72. The number of esters is 1. The van der Waals surface area contributed by atoms with Crippen molar-refractivity contribution in [2.24, 2.45) is 0 Å². The fraction of sp³-hybridized carbons (Fsp3) is 0.421. The van der Waals surface area contributed by atoms with Crippen molar-refractivity contribution in [1.82, 2.24) is 9.55 Å². The quantitative estimate of drug-likeness (QED) is 0.510. The largest absolute Gasteiger partial charge is 0.464 e. The van der Waals surface area contributed by atoms with Crippen molar-refractivity contribution in [3.05, 3.63) is 57.3 Å². The van der Waals surface area contributed by atoms with E-state index in [1.165, 1.54) is 19.1 Å². The number of hydrogen-bond donors (Lipinski definition) is 0. The summed E-state index contributed by atoms with van der Waals surface area (Å²) in [6.45, 7) is 5.39. The average Bonchev–Trinajstić information content (AvgIpc) is 2.67. The molecular formula is C19H21F3N2O5. The summed E-state index contributed by atoms with van der Waals surface area (Å²) in [6.07, 6.45) is -5.63. The van der Waals surface area contributed by atoms with Crippen LogP contribution >= 0.6 is 0 Å². The summed E-state index contributed by atoms with van der Waals surface area (Å²) in [6, 6.07) is 4.20. The van der Waals surface area contributed by atoms with Crippen LogP contribution in [0.4, 0.5) is 13.2 Å². The van der Waals surface area contributed by atoms with Crippen molar-refractivity contribution in [3.63, 3.8) is 0 Å². The number of benzene rings is 1. The first kappa shape index (κ1) is 22.6. The lowest BCUT2D eigenvalue weighted by Gasteiger charge is -2.22. The Morgan fingerprint density at radius 3 is 2.34 bits per heavy atom. The smallest absolute Gasteiger partial charge is 0.416 e. The summed E-state index contributed by atoms with van der Waals surface area (Å²) in [4.78, 5) is 29.0. The van der Waals surface area contributed by atoms with Gasteiger partial charge in [0.15, 0.2) is 0 Å². The van der Waals surface area contributed by atoms with Crippen molar-refractivity contribution in [2.75, 3.05) is 20.3 Å². The van der Waals surface area contributed by atoms with Crippen LogP contribution in [0.15, 0.2) is 29.1 Å². The molecule has 0 saturated heterocycles. The van der Waals surface area contributed by atoms with E-state index in [0.717, 1.165) is 23.8 Å². The Bertz CT molecular complexity index is 934. The van der Waals surface area contributed by atoms with Gasteiger partial charge in [0.2, 0.25) is 12.0 Å². The molecular weight excluding hydrogens is 393 g/mol. The van der Waals surface area contributed by atoms with Gasteiger partial charge in [-0.1, -0.05) is 6.07 Å². The summed E-state index contributed by atoms with van der Waals surface area (Å²) < 4.78 is 56.0. The highest BCUT2D eigenvalue weighted by molar-refractivity contribution is 5.86. The molecule has 1 aromatic carbocycles. The lowest BCUT2D eigenvalue weighted by atomic mass is 10.1. The van der Waals surface area contributed by atoms with E-state index in [-0.39, 0.29) is 30.3 Å². The van der Waals surface area contributed by atoms with Crippen LogP contribution in [0, 0.1) is 6.92 Å². The second-order valence-electron chi connectivity index (χ2n) is 5.85. The van der Waals surface area contributed by atoms with E-state index in [9.17, 15) is 22.8 Å². The van der Waals surface area contributed by atoms with E-state index >= 15 is 0 Å². The number of ether oxygens (including phenoxy) is 3. The van der Waals surface area contributed by atoms with Gasteiger partial charge in [-0.25, -0.2) is 9.78 Å². The predicted molar refractivity (Wildman–Crippen MR) is 96.9 cm³/mol. The molecule has 29 heavy (non-hydrogen) atoms. The van der Waals surface area contributed by atoms with Gasteiger partial charge in [0.25, 0.3) is 5.56 Å². The molecule has 158 valence electrons. The Morgan fingerprint density at radius 1 is 1.21 bits per heavy atom. The molecule has 0 bridgehead atoms. The molecule has 0 amide bonds. The molecule has 1 heterocycles. The molecule has 2 aromatic rings. The van der Waals surface area contributed by atoms with E-state index in [4.69, 9.17) is 9.47 Å². The van der Waals surface area contributed by atoms with Crippen LogP contribution in [0.25, 0.3) is 5.69 Å². The number of methoxy groups -OCH3 is 1. The molecule has 0 aliphatic rings. The maximum Gasteiger partial charge on any atom is 0.416 e. The lowest BCUT2D eigenvalue weighted by Crippen LogP contribution is -2.32. The SMILES string of the molecule is CCOC(OCC)c1nc(C(=O)OC)c(=O)n(-c2cccc(C(F)(F)F)c2)c1C. The summed E-state index contributed by atoms with van der Waals surface area (Å²) >= 11 is 0. The van der Waals surface area contributed by atoms with Gasteiger partial charge in [0, 0.05) is 18.9 Å². The number of halogens is 3. The van der Waals surface area contributed by atoms with Gasteiger partial charge < -0.3 is 14.2 Å². The Morgan fingerprint density at radius 2 is 1.83 bits per heavy atom. The average molecular weight is 414 g/mol. The number of alkyl halides is 3. The van der Waals surface area contributed by atoms with Crippen molar-refractivity contribution in [2.45, 2.75) is 33.2 Å². The monoisotopic (exact) mass is 414 g/mol. The van der Waals surface area contributed by atoms with E-state index < -0.39 is 35.3 Å². The van der Waals surface area contributed by atoms with Crippen LogP contribution in [0.2, 0.25) is 0 Å². The third-order valence-electron chi connectivity index (χ3n) is 4.01. The van der Waals surface area contributed by atoms with Gasteiger partial charge in [-0.15, -0.1) is 0 Å². The Labute approximate surface area is 165 Å². The Kier molecular flexibility index (Phi) is 7.15. The zero-order valence-corrected chi connectivity index (χ0v) is 16.4. The van der Waals surface area contributed by atoms with E-state index in [0.29, 0.717) is 0 Å². The Balaban J connectivity index is 2.82. The summed E-state index contributed by atoms with van der Waals surface area (Å²) in [5.41, 5.74) is -2.26. The summed E-state index contributed by atoms with van der Waals surface area (Å²) in [5.74, 6) is -1.02. The van der Waals surface area contributed by atoms with Crippen molar-refractivity contribution in [3.8, 4) is 5.69 Å². The summed E-state index contributed by atoms with van der Waals surface area (Å²) in [5, 5.41) is 0. The number of hydrogen-bond acceptors (Lipinski definition) is 6.